The number of anilines is 1. The van der Waals surface area contributed by atoms with Gasteiger partial charge in [0, 0.05) is 16.3 Å². The van der Waals surface area contributed by atoms with Gasteiger partial charge in [-0.1, -0.05) is 50.1 Å². The Morgan fingerprint density at radius 1 is 1.28 bits per heavy atom. The Balaban J connectivity index is 1.90. The van der Waals surface area contributed by atoms with Crippen LogP contribution in [0, 0.1) is 0 Å². The summed E-state index contributed by atoms with van der Waals surface area (Å²) in [5.74, 6) is 1.26. The zero-order valence-corrected chi connectivity index (χ0v) is 15.0. The maximum Gasteiger partial charge on any atom is 0.252 e. The summed E-state index contributed by atoms with van der Waals surface area (Å²) in [5.41, 5.74) is 5.21. The van der Waals surface area contributed by atoms with Crippen molar-refractivity contribution < 1.29 is 4.79 Å². The number of benzene rings is 1. The van der Waals surface area contributed by atoms with E-state index >= 15 is 0 Å². The lowest BCUT2D eigenvalue weighted by molar-refractivity contribution is -0.119. The van der Waals surface area contributed by atoms with Crippen molar-refractivity contribution in [1.82, 2.24) is 10.6 Å². The highest BCUT2D eigenvalue weighted by Crippen LogP contribution is 2.39. The second-order valence-electron chi connectivity index (χ2n) is 5.97. The molecule has 1 aromatic rings. The molecule has 2 aliphatic rings. The Bertz CT molecular complexity index is 835. The monoisotopic (exact) mass is 351 g/mol. The highest BCUT2D eigenvalue weighted by molar-refractivity contribution is 7.99. The van der Waals surface area contributed by atoms with Gasteiger partial charge in [-0.2, -0.15) is 0 Å². The van der Waals surface area contributed by atoms with Crippen LogP contribution in [0.5, 0.6) is 0 Å². The largest absolute Gasteiger partial charge is 0.358 e. The number of thioether (sulfide) groups is 1. The molecule has 1 atom stereocenters. The quantitative estimate of drug-likeness (QED) is 0.723. The molecule has 1 saturated heterocycles. The first-order valence-electron chi connectivity index (χ1n) is 7.98. The smallest absolute Gasteiger partial charge is 0.252 e. The lowest BCUT2D eigenvalue weighted by Crippen LogP contribution is -2.29. The fraction of sp³-hybridized carbons (Fsp3) is 0.150. The van der Waals surface area contributed by atoms with Crippen molar-refractivity contribution in [2.24, 2.45) is 0 Å². The SMILES string of the molecule is C=C/C(=C\C=C(/C)c1cccc2c1SCC(=C)N2)C1NC(=C)NC1=O. The van der Waals surface area contributed by atoms with Crippen molar-refractivity contribution in [1.29, 1.82) is 0 Å². The van der Waals surface area contributed by atoms with Crippen molar-refractivity contribution >= 4 is 28.9 Å². The molecule has 128 valence electrons. The second kappa shape index (κ2) is 7.07. The molecular weight excluding hydrogens is 330 g/mol. The van der Waals surface area contributed by atoms with Gasteiger partial charge in [-0.3, -0.25) is 4.79 Å². The number of nitrogens with one attached hydrogen (secondary N) is 3. The third-order valence-corrected chi connectivity index (χ3v) is 5.31. The first-order chi connectivity index (χ1) is 12.0. The van der Waals surface area contributed by atoms with Gasteiger partial charge in [0.05, 0.1) is 11.5 Å². The first kappa shape index (κ1) is 17.2. The van der Waals surface area contributed by atoms with Gasteiger partial charge >= 0.3 is 0 Å². The van der Waals surface area contributed by atoms with E-state index in [9.17, 15) is 4.79 Å². The van der Waals surface area contributed by atoms with Crippen LogP contribution in [0.2, 0.25) is 0 Å². The average molecular weight is 351 g/mol. The summed E-state index contributed by atoms with van der Waals surface area (Å²) in [6.45, 7) is 13.6. The van der Waals surface area contributed by atoms with Crippen LogP contribution in [-0.2, 0) is 4.79 Å². The van der Waals surface area contributed by atoms with Crippen molar-refractivity contribution in [3.63, 3.8) is 0 Å². The summed E-state index contributed by atoms with van der Waals surface area (Å²) in [7, 11) is 0. The number of allylic oxidation sites excluding steroid dienone is 3. The summed E-state index contributed by atoms with van der Waals surface area (Å²) in [4.78, 5) is 13.2. The summed E-state index contributed by atoms with van der Waals surface area (Å²) >= 11 is 1.79. The van der Waals surface area contributed by atoms with E-state index < -0.39 is 6.04 Å². The van der Waals surface area contributed by atoms with E-state index in [1.165, 1.54) is 10.5 Å². The van der Waals surface area contributed by atoms with E-state index in [0.29, 0.717) is 5.82 Å². The third-order valence-electron chi connectivity index (χ3n) is 4.09. The molecule has 25 heavy (non-hydrogen) atoms. The normalized spacial score (nSPS) is 20.5. The maximum absolute atomic E-state index is 12.0. The highest BCUT2D eigenvalue weighted by Gasteiger charge is 2.27. The predicted octanol–water partition coefficient (Wildman–Crippen LogP) is 3.79. The standard InChI is InChI=1S/C20H21N3OS/c1-5-15(18-20(24)23-14(4)22-18)10-9-12(2)16-7-6-8-17-19(16)25-11-13(3)21-17/h5-10,18,21-22H,1,3-4,11H2,2H3,(H,23,24)/b12-9+,15-10+. The van der Waals surface area contributed by atoms with Crippen LogP contribution in [0.25, 0.3) is 5.57 Å². The molecule has 1 unspecified atom stereocenters. The molecule has 0 aliphatic carbocycles. The number of carbonyl (C=O) groups is 1. The van der Waals surface area contributed by atoms with Crippen molar-refractivity contribution in [2.45, 2.75) is 17.9 Å². The molecule has 4 nitrogen and oxygen atoms in total. The van der Waals surface area contributed by atoms with Crippen LogP contribution in [0.4, 0.5) is 5.69 Å². The van der Waals surface area contributed by atoms with Crippen LogP contribution in [0.1, 0.15) is 12.5 Å². The van der Waals surface area contributed by atoms with Gasteiger partial charge in [-0.05, 0) is 29.7 Å². The Hall–Kier alpha value is -2.66. The van der Waals surface area contributed by atoms with Crippen molar-refractivity contribution in [3.05, 3.63) is 78.8 Å². The molecule has 0 aromatic heterocycles. The molecule has 0 radical (unpaired) electrons. The molecule has 1 fully saturated rings. The van der Waals surface area contributed by atoms with Gasteiger partial charge in [0.25, 0.3) is 5.91 Å². The number of hydrogen-bond acceptors (Lipinski definition) is 4. The van der Waals surface area contributed by atoms with E-state index in [0.717, 1.165) is 28.3 Å². The Labute approximate surface area is 152 Å². The molecule has 1 aromatic carbocycles. The zero-order chi connectivity index (χ0) is 18.0. The molecule has 2 heterocycles. The molecule has 1 amide bonds. The van der Waals surface area contributed by atoms with Crippen LogP contribution in [-0.4, -0.2) is 17.7 Å². The second-order valence-corrected chi connectivity index (χ2v) is 6.95. The summed E-state index contributed by atoms with van der Waals surface area (Å²) in [5, 5.41) is 9.04. The highest BCUT2D eigenvalue weighted by atomic mass is 32.2. The van der Waals surface area contributed by atoms with E-state index in [-0.39, 0.29) is 5.91 Å². The Kier molecular flexibility index (Phi) is 4.86. The van der Waals surface area contributed by atoms with Crippen LogP contribution in [0.3, 0.4) is 0 Å². The zero-order valence-electron chi connectivity index (χ0n) is 14.2. The Morgan fingerprint density at radius 3 is 2.76 bits per heavy atom. The maximum atomic E-state index is 12.0. The van der Waals surface area contributed by atoms with E-state index in [4.69, 9.17) is 0 Å². The number of carbonyl (C=O) groups excluding carboxylic acids is 1. The van der Waals surface area contributed by atoms with Gasteiger partial charge in [0.15, 0.2) is 0 Å². The summed E-state index contributed by atoms with van der Waals surface area (Å²) in [6.07, 6.45) is 5.64. The molecule has 2 aliphatic heterocycles. The van der Waals surface area contributed by atoms with E-state index in [2.05, 4.69) is 54.7 Å². The van der Waals surface area contributed by atoms with E-state index in [1.807, 2.05) is 18.2 Å². The summed E-state index contributed by atoms with van der Waals surface area (Å²) in [6, 6.07) is 5.76. The van der Waals surface area contributed by atoms with Gasteiger partial charge in [0.2, 0.25) is 0 Å². The van der Waals surface area contributed by atoms with Crippen molar-refractivity contribution in [2.75, 3.05) is 11.1 Å². The minimum absolute atomic E-state index is 0.113. The molecule has 3 rings (SSSR count). The molecule has 0 spiro atoms. The van der Waals surface area contributed by atoms with E-state index in [1.54, 1.807) is 17.8 Å². The molecule has 0 saturated carbocycles. The molecule has 0 bridgehead atoms. The molecular formula is C20H21N3OS. The number of amides is 1. The number of hydrogen-bond donors (Lipinski definition) is 3. The minimum Gasteiger partial charge on any atom is -0.358 e. The fourth-order valence-corrected chi connectivity index (χ4v) is 3.86. The number of fused-ring (bicyclic) bond motifs is 1. The van der Waals surface area contributed by atoms with Gasteiger partial charge in [-0.25, -0.2) is 0 Å². The van der Waals surface area contributed by atoms with Gasteiger partial charge in [0.1, 0.15) is 6.04 Å². The summed E-state index contributed by atoms with van der Waals surface area (Å²) < 4.78 is 0. The lowest BCUT2D eigenvalue weighted by atomic mass is 10.0. The Morgan fingerprint density at radius 2 is 2.08 bits per heavy atom. The lowest BCUT2D eigenvalue weighted by Gasteiger charge is -2.22. The third kappa shape index (κ3) is 3.56. The number of rotatable bonds is 4. The van der Waals surface area contributed by atoms with Crippen LogP contribution >= 0.6 is 11.8 Å². The average Bonchev–Trinajstić information content (AvgIpc) is 2.92. The topological polar surface area (TPSA) is 53.2 Å². The predicted molar refractivity (Wildman–Crippen MR) is 106 cm³/mol. The van der Waals surface area contributed by atoms with Gasteiger partial charge < -0.3 is 16.0 Å². The van der Waals surface area contributed by atoms with Crippen molar-refractivity contribution in [3.8, 4) is 0 Å². The van der Waals surface area contributed by atoms with Gasteiger partial charge in [-0.15, -0.1) is 11.8 Å². The fourth-order valence-electron chi connectivity index (χ4n) is 2.81. The first-order valence-corrected chi connectivity index (χ1v) is 8.96. The molecule has 3 N–H and O–H groups in total. The minimum atomic E-state index is -0.446. The van der Waals surface area contributed by atoms with Crippen LogP contribution in [0.15, 0.2) is 78.2 Å². The van der Waals surface area contributed by atoms with Crippen LogP contribution < -0.4 is 16.0 Å². The molecule has 5 heteroatoms.